The lowest BCUT2D eigenvalue weighted by molar-refractivity contribution is 1.02. The molecular formula is C14H15ClN2S. The SMILES string of the molecule is Cc1ccc(Sc2nccc(CN)c2Cl)cc1C. The van der Waals surface area contributed by atoms with Crippen molar-refractivity contribution in [1.82, 2.24) is 4.98 Å². The Bertz CT molecular complexity index is 570. The molecule has 2 N–H and O–H groups in total. The Balaban J connectivity index is 2.31. The zero-order valence-corrected chi connectivity index (χ0v) is 12.0. The Morgan fingerprint density at radius 3 is 2.67 bits per heavy atom. The first-order valence-electron chi connectivity index (χ1n) is 5.70. The molecule has 0 atom stereocenters. The summed E-state index contributed by atoms with van der Waals surface area (Å²) < 4.78 is 0. The van der Waals surface area contributed by atoms with Crippen molar-refractivity contribution < 1.29 is 0 Å². The molecule has 1 aromatic carbocycles. The van der Waals surface area contributed by atoms with Gasteiger partial charge < -0.3 is 5.73 Å². The Labute approximate surface area is 117 Å². The van der Waals surface area contributed by atoms with Crippen LogP contribution in [0, 0.1) is 13.8 Å². The maximum atomic E-state index is 6.27. The molecule has 0 amide bonds. The van der Waals surface area contributed by atoms with E-state index >= 15 is 0 Å². The lowest BCUT2D eigenvalue weighted by atomic mass is 10.1. The van der Waals surface area contributed by atoms with Crippen LogP contribution >= 0.6 is 23.4 Å². The summed E-state index contributed by atoms with van der Waals surface area (Å²) in [4.78, 5) is 5.45. The van der Waals surface area contributed by atoms with Crippen LogP contribution in [0.1, 0.15) is 16.7 Å². The number of hydrogen-bond donors (Lipinski definition) is 1. The van der Waals surface area contributed by atoms with Crippen molar-refractivity contribution in [3.63, 3.8) is 0 Å². The summed E-state index contributed by atoms with van der Waals surface area (Å²) >= 11 is 7.83. The smallest absolute Gasteiger partial charge is 0.120 e. The van der Waals surface area contributed by atoms with Crippen LogP contribution in [-0.2, 0) is 6.54 Å². The number of aryl methyl sites for hydroxylation is 2. The number of pyridine rings is 1. The number of aromatic nitrogens is 1. The predicted molar refractivity (Wildman–Crippen MR) is 77.2 cm³/mol. The normalized spacial score (nSPS) is 10.7. The van der Waals surface area contributed by atoms with Crippen LogP contribution in [0.2, 0.25) is 5.02 Å². The van der Waals surface area contributed by atoms with Crippen molar-refractivity contribution in [3.8, 4) is 0 Å². The van der Waals surface area contributed by atoms with Crippen LogP contribution in [-0.4, -0.2) is 4.98 Å². The second-order valence-electron chi connectivity index (χ2n) is 4.14. The van der Waals surface area contributed by atoms with Crippen LogP contribution in [0.3, 0.4) is 0 Å². The van der Waals surface area contributed by atoms with Gasteiger partial charge >= 0.3 is 0 Å². The molecule has 2 nitrogen and oxygen atoms in total. The fourth-order valence-corrected chi connectivity index (χ4v) is 2.81. The third-order valence-corrected chi connectivity index (χ3v) is 4.38. The third kappa shape index (κ3) is 2.86. The maximum absolute atomic E-state index is 6.27. The molecule has 0 aliphatic heterocycles. The zero-order chi connectivity index (χ0) is 13.1. The first-order valence-corrected chi connectivity index (χ1v) is 6.90. The van der Waals surface area contributed by atoms with Crippen LogP contribution in [0.25, 0.3) is 0 Å². The second kappa shape index (κ2) is 5.74. The molecule has 94 valence electrons. The van der Waals surface area contributed by atoms with E-state index in [0.29, 0.717) is 11.6 Å². The summed E-state index contributed by atoms with van der Waals surface area (Å²) in [7, 11) is 0. The lowest BCUT2D eigenvalue weighted by Gasteiger charge is -2.08. The quantitative estimate of drug-likeness (QED) is 0.924. The Morgan fingerprint density at radius 2 is 2.00 bits per heavy atom. The van der Waals surface area contributed by atoms with E-state index in [1.54, 1.807) is 18.0 Å². The molecule has 0 aliphatic carbocycles. The fourth-order valence-electron chi connectivity index (χ4n) is 1.58. The molecular weight excluding hydrogens is 264 g/mol. The molecule has 0 saturated carbocycles. The van der Waals surface area contributed by atoms with Crippen molar-refractivity contribution >= 4 is 23.4 Å². The molecule has 0 unspecified atom stereocenters. The van der Waals surface area contributed by atoms with Gasteiger partial charge in [-0.15, -0.1) is 0 Å². The Hall–Kier alpha value is -1.03. The summed E-state index contributed by atoms with van der Waals surface area (Å²) in [6.45, 7) is 4.64. The van der Waals surface area contributed by atoms with Gasteiger partial charge in [0.2, 0.25) is 0 Å². The van der Waals surface area contributed by atoms with Gasteiger partial charge in [0.25, 0.3) is 0 Å². The number of nitrogens with zero attached hydrogens (tertiary/aromatic N) is 1. The molecule has 0 spiro atoms. The van der Waals surface area contributed by atoms with Crippen molar-refractivity contribution in [2.45, 2.75) is 30.3 Å². The summed E-state index contributed by atoms with van der Waals surface area (Å²) in [5.74, 6) is 0. The van der Waals surface area contributed by atoms with Gasteiger partial charge in [0.05, 0.1) is 5.02 Å². The van der Waals surface area contributed by atoms with Crippen molar-refractivity contribution in [2.24, 2.45) is 5.73 Å². The summed E-state index contributed by atoms with van der Waals surface area (Å²) in [5, 5.41) is 1.46. The molecule has 18 heavy (non-hydrogen) atoms. The first-order chi connectivity index (χ1) is 8.61. The van der Waals surface area contributed by atoms with E-state index in [4.69, 9.17) is 17.3 Å². The average molecular weight is 279 g/mol. The van der Waals surface area contributed by atoms with E-state index in [9.17, 15) is 0 Å². The number of rotatable bonds is 3. The Kier molecular flexibility index (Phi) is 4.27. The number of benzene rings is 1. The first kappa shape index (κ1) is 13.4. The highest BCUT2D eigenvalue weighted by Crippen LogP contribution is 2.33. The van der Waals surface area contributed by atoms with E-state index in [1.165, 1.54) is 11.1 Å². The minimum atomic E-state index is 0.432. The van der Waals surface area contributed by atoms with Gasteiger partial charge in [-0.1, -0.05) is 29.4 Å². The minimum absolute atomic E-state index is 0.432. The maximum Gasteiger partial charge on any atom is 0.120 e. The summed E-state index contributed by atoms with van der Waals surface area (Å²) in [6, 6.07) is 8.19. The van der Waals surface area contributed by atoms with Crippen LogP contribution < -0.4 is 5.73 Å². The fraction of sp³-hybridized carbons (Fsp3) is 0.214. The van der Waals surface area contributed by atoms with Gasteiger partial charge in [0, 0.05) is 17.6 Å². The summed E-state index contributed by atoms with van der Waals surface area (Å²) in [6.07, 6.45) is 1.75. The highest BCUT2D eigenvalue weighted by molar-refractivity contribution is 7.99. The zero-order valence-electron chi connectivity index (χ0n) is 10.4. The standard InChI is InChI=1S/C14H15ClN2S/c1-9-3-4-12(7-10(9)2)18-14-13(15)11(8-16)5-6-17-14/h3-7H,8,16H2,1-2H3. The molecule has 2 rings (SSSR count). The highest BCUT2D eigenvalue weighted by Gasteiger charge is 2.08. The minimum Gasteiger partial charge on any atom is -0.326 e. The summed E-state index contributed by atoms with van der Waals surface area (Å²) in [5.41, 5.74) is 9.12. The van der Waals surface area contributed by atoms with Gasteiger partial charge in [0.15, 0.2) is 0 Å². The lowest BCUT2D eigenvalue weighted by Crippen LogP contribution is -1.98. The largest absolute Gasteiger partial charge is 0.326 e. The number of nitrogens with two attached hydrogens (primary N) is 1. The molecule has 0 bridgehead atoms. The van der Waals surface area contributed by atoms with Gasteiger partial charge in [-0.25, -0.2) is 4.98 Å². The Morgan fingerprint density at radius 1 is 1.22 bits per heavy atom. The van der Waals surface area contributed by atoms with E-state index in [2.05, 4.69) is 37.0 Å². The van der Waals surface area contributed by atoms with Gasteiger partial charge in [-0.05, 0) is 48.7 Å². The number of halogens is 1. The van der Waals surface area contributed by atoms with Crippen LogP contribution in [0.5, 0.6) is 0 Å². The molecule has 1 aromatic heterocycles. The van der Waals surface area contributed by atoms with E-state index in [-0.39, 0.29) is 0 Å². The van der Waals surface area contributed by atoms with Crippen LogP contribution in [0.15, 0.2) is 40.4 Å². The molecule has 0 radical (unpaired) electrons. The highest BCUT2D eigenvalue weighted by atomic mass is 35.5. The molecule has 0 fully saturated rings. The topological polar surface area (TPSA) is 38.9 Å². The molecule has 1 heterocycles. The third-order valence-electron chi connectivity index (χ3n) is 2.85. The average Bonchev–Trinajstić information content (AvgIpc) is 2.36. The number of hydrogen-bond acceptors (Lipinski definition) is 3. The van der Waals surface area contributed by atoms with Gasteiger partial charge in [-0.3, -0.25) is 0 Å². The molecule has 2 aromatic rings. The second-order valence-corrected chi connectivity index (χ2v) is 5.58. The van der Waals surface area contributed by atoms with E-state index in [0.717, 1.165) is 15.5 Å². The van der Waals surface area contributed by atoms with Crippen molar-refractivity contribution in [2.75, 3.05) is 0 Å². The van der Waals surface area contributed by atoms with Gasteiger partial charge in [-0.2, -0.15) is 0 Å². The van der Waals surface area contributed by atoms with E-state index in [1.807, 2.05) is 6.07 Å². The van der Waals surface area contributed by atoms with E-state index < -0.39 is 0 Å². The predicted octanol–water partition coefficient (Wildman–Crippen LogP) is 3.96. The molecule has 0 saturated heterocycles. The van der Waals surface area contributed by atoms with Crippen LogP contribution in [0.4, 0.5) is 0 Å². The van der Waals surface area contributed by atoms with Gasteiger partial charge in [0.1, 0.15) is 5.03 Å². The van der Waals surface area contributed by atoms with Crippen molar-refractivity contribution in [1.29, 1.82) is 0 Å². The molecule has 4 heteroatoms. The van der Waals surface area contributed by atoms with Crippen molar-refractivity contribution in [3.05, 3.63) is 52.2 Å². The molecule has 0 aliphatic rings. The monoisotopic (exact) mass is 278 g/mol.